The molecule has 0 saturated heterocycles. The van der Waals surface area contributed by atoms with Crippen molar-refractivity contribution in [1.29, 1.82) is 0 Å². The Morgan fingerprint density at radius 3 is 2.15 bits per heavy atom. The van der Waals surface area contributed by atoms with Crippen LogP contribution in [0.4, 0.5) is 26.3 Å². The first kappa shape index (κ1) is 30.0. The van der Waals surface area contributed by atoms with Gasteiger partial charge in [-0.05, 0) is 112 Å². The Bertz CT molecular complexity index is 1240. The minimum atomic E-state index is -4.69. The first-order chi connectivity index (χ1) is 19.2. The summed E-state index contributed by atoms with van der Waals surface area (Å²) in [7, 11) is 2.06. The largest absolute Gasteiger partial charge is 0.490 e. The Hall–Kier alpha value is -2.49. The highest BCUT2D eigenvalue weighted by molar-refractivity contribution is 5.89. The van der Waals surface area contributed by atoms with Crippen LogP contribution in [0.15, 0.2) is 30.3 Å². The van der Waals surface area contributed by atoms with Crippen molar-refractivity contribution in [3.63, 3.8) is 0 Å². The van der Waals surface area contributed by atoms with E-state index in [1.807, 2.05) is 0 Å². The summed E-state index contributed by atoms with van der Waals surface area (Å²) in [6, 6.07) is 7.86. The van der Waals surface area contributed by atoms with Gasteiger partial charge in [-0.2, -0.15) is 26.3 Å². The number of fused-ring (bicyclic) bond motifs is 4. The van der Waals surface area contributed by atoms with Crippen LogP contribution < -0.4 is 4.74 Å². The van der Waals surface area contributed by atoms with Crippen molar-refractivity contribution in [2.24, 2.45) is 11.3 Å². The lowest BCUT2D eigenvalue weighted by atomic mass is 9.55. The van der Waals surface area contributed by atoms with Gasteiger partial charge in [-0.3, -0.25) is 9.69 Å². The van der Waals surface area contributed by atoms with Gasteiger partial charge < -0.3 is 9.84 Å². The SMILES string of the molecule is CN(Cc1ccc2c(C(F)(F)F)c(OC3CCC(C(F)(F)F)CC3)ccc2c1)C12CCC(CCC(=O)O)(CC1)CC2. The van der Waals surface area contributed by atoms with Gasteiger partial charge in [-0.1, -0.05) is 18.2 Å². The zero-order chi connectivity index (χ0) is 29.6. The maximum Gasteiger partial charge on any atom is 0.420 e. The van der Waals surface area contributed by atoms with Gasteiger partial charge in [0.2, 0.25) is 0 Å². The summed E-state index contributed by atoms with van der Waals surface area (Å²) in [4.78, 5) is 13.4. The third kappa shape index (κ3) is 6.32. The van der Waals surface area contributed by atoms with Crippen LogP contribution in [0.2, 0.25) is 0 Å². The van der Waals surface area contributed by atoms with Crippen molar-refractivity contribution in [3.05, 3.63) is 41.5 Å². The molecule has 0 aliphatic heterocycles. The van der Waals surface area contributed by atoms with Crippen molar-refractivity contribution in [2.45, 2.75) is 108 Å². The predicted octanol–water partition coefficient (Wildman–Crippen LogP) is 8.75. The van der Waals surface area contributed by atoms with Gasteiger partial charge in [-0.25, -0.2) is 0 Å². The van der Waals surface area contributed by atoms with Gasteiger partial charge in [0.25, 0.3) is 0 Å². The molecule has 10 heteroatoms. The van der Waals surface area contributed by atoms with Gasteiger partial charge >= 0.3 is 18.3 Å². The predicted molar refractivity (Wildman–Crippen MR) is 143 cm³/mol. The average molecular weight is 586 g/mol. The van der Waals surface area contributed by atoms with Crippen LogP contribution in [0.1, 0.15) is 88.2 Å². The summed E-state index contributed by atoms with van der Waals surface area (Å²) in [6.07, 6.45) is -2.97. The van der Waals surface area contributed by atoms with Crippen molar-refractivity contribution < 1.29 is 41.0 Å². The average Bonchev–Trinajstić information content (AvgIpc) is 2.92. The van der Waals surface area contributed by atoms with Crippen molar-refractivity contribution in [2.75, 3.05) is 7.05 Å². The number of hydrogen-bond acceptors (Lipinski definition) is 3. The monoisotopic (exact) mass is 585 g/mol. The summed E-state index contributed by atoms with van der Waals surface area (Å²) in [6.45, 7) is 0.583. The normalized spacial score (nSPS) is 28.8. The highest BCUT2D eigenvalue weighted by Gasteiger charge is 2.50. The van der Waals surface area contributed by atoms with Crippen LogP contribution >= 0.6 is 0 Å². The van der Waals surface area contributed by atoms with Gasteiger partial charge in [0.05, 0.1) is 12.0 Å². The van der Waals surface area contributed by atoms with Crippen LogP contribution in [0.25, 0.3) is 10.8 Å². The Balaban J connectivity index is 1.30. The second kappa shape index (κ2) is 11.0. The van der Waals surface area contributed by atoms with Crippen molar-refractivity contribution in [3.8, 4) is 5.75 Å². The first-order valence-electron chi connectivity index (χ1n) is 14.5. The molecule has 4 aliphatic carbocycles. The first-order valence-corrected chi connectivity index (χ1v) is 14.5. The zero-order valence-electron chi connectivity index (χ0n) is 23.2. The van der Waals surface area contributed by atoms with Gasteiger partial charge in [0.1, 0.15) is 11.3 Å². The lowest BCUT2D eigenvalue weighted by Gasteiger charge is -2.57. The van der Waals surface area contributed by atoms with Crippen LogP contribution in [0, 0.1) is 11.3 Å². The summed E-state index contributed by atoms with van der Waals surface area (Å²) < 4.78 is 87.5. The molecule has 41 heavy (non-hydrogen) atoms. The molecule has 1 N–H and O–H groups in total. The number of carboxylic acid groups (broad SMARTS) is 1. The van der Waals surface area contributed by atoms with Crippen molar-refractivity contribution in [1.82, 2.24) is 4.90 Å². The number of hydrogen-bond donors (Lipinski definition) is 1. The van der Waals surface area contributed by atoms with E-state index >= 15 is 0 Å². The molecule has 2 bridgehead atoms. The van der Waals surface area contributed by atoms with E-state index in [-0.39, 0.29) is 54.2 Å². The Labute approximate surface area is 236 Å². The third-order valence-corrected chi connectivity index (χ3v) is 10.2. The minimum absolute atomic E-state index is 0.0138. The smallest absolute Gasteiger partial charge is 0.420 e. The molecule has 0 atom stereocenters. The summed E-state index contributed by atoms with van der Waals surface area (Å²) in [5, 5.41) is 9.57. The number of carbonyl (C=O) groups is 1. The molecule has 2 aromatic rings. The van der Waals surface area contributed by atoms with E-state index in [4.69, 9.17) is 9.84 Å². The summed E-state index contributed by atoms with van der Waals surface area (Å²) >= 11 is 0. The second-order valence-corrected chi connectivity index (χ2v) is 12.6. The number of alkyl halides is 6. The van der Waals surface area contributed by atoms with Crippen LogP contribution in [-0.4, -0.2) is 40.8 Å². The highest BCUT2D eigenvalue weighted by atomic mass is 19.4. The van der Waals surface area contributed by atoms with Crippen LogP contribution in [0.3, 0.4) is 0 Å². The molecular formula is C31H37F6NO3. The van der Waals surface area contributed by atoms with E-state index in [0.717, 1.165) is 50.5 Å². The fraction of sp³-hybridized carbons (Fsp3) is 0.645. The summed E-state index contributed by atoms with van der Waals surface area (Å²) in [5.41, 5.74) is 0.147. The number of benzene rings is 2. The zero-order valence-corrected chi connectivity index (χ0v) is 23.2. The standard InChI is InChI=1S/C31H37F6NO3/c1-38(29-15-12-28(13-16-29,14-17-29)11-10-26(39)40)19-20-2-8-24-21(18-20)3-9-25(27(24)31(35,36)37)41-23-6-4-22(5-7-23)30(32,33)34/h2-3,8-9,18,22-23H,4-7,10-17,19H2,1H3,(H,39,40). The molecule has 4 aliphatic rings. The molecule has 0 aromatic heterocycles. The van der Waals surface area contributed by atoms with Gasteiger partial charge in [-0.15, -0.1) is 0 Å². The lowest BCUT2D eigenvalue weighted by molar-refractivity contribution is -0.185. The fourth-order valence-electron chi connectivity index (χ4n) is 7.54. The Morgan fingerprint density at radius 2 is 1.59 bits per heavy atom. The van der Waals surface area contributed by atoms with E-state index < -0.39 is 35.9 Å². The molecule has 6 rings (SSSR count). The number of aliphatic carboxylic acids is 1. The second-order valence-electron chi connectivity index (χ2n) is 12.6. The minimum Gasteiger partial charge on any atom is -0.490 e. The van der Waals surface area contributed by atoms with E-state index in [1.54, 1.807) is 18.2 Å². The van der Waals surface area contributed by atoms with Crippen molar-refractivity contribution >= 4 is 16.7 Å². The van der Waals surface area contributed by atoms with Crippen LogP contribution in [-0.2, 0) is 17.5 Å². The number of carboxylic acids is 1. The number of ether oxygens (including phenoxy) is 1. The van der Waals surface area contributed by atoms with E-state index in [0.29, 0.717) is 11.9 Å². The maximum absolute atomic E-state index is 14.3. The van der Waals surface area contributed by atoms with E-state index in [9.17, 15) is 31.1 Å². The molecule has 226 valence electrons. The molecule has 4 nitrogen and oxygen atoms in total. The Morgan fingerprint density at radius 1 is 0.951 bits per heavy atom. The molecule has 0 unspecified atom stereocenters. The lowest BCUT2D eigenvalue weighted by Crippen LogP contribution is -2.55. The van der Waals surface area contributed by atoms with E-state index in [2.05, 4.69) is 11.9 Å². The molecule has 0 spiro atoms. The van der Waals surface area contributed by atoms with Gasteiger partial charge in [0, 0.05) is 18.5 Å². The molecule has 0 amide bonds. The third-order valence-electron chi connectivity index (χ3n) is 10.2. The number of halogens is 6. The molecule has 2 aromatic carbocycles. The molecular weight excluding hydrogens is 548 g/mol. The number of rotatable bonds is 8. The summed E-state index contributed by atoms with van der Waals surface area (Å²) in [5.74, 6) is -2.52. The fourth-order valence-corrected chi connectivity index (χ4v) is 7.54. The molecule has 0 heterocycles. The maximum atomic E-state index is 14.3. The quantitative estimate of drug-likeness (QED) is 0.315. The highest BCUT2D eigenvalue weighted by Crippen LogP contribution is 2.56. The number of nitrogens with zero attached hydrogens (tertiary/aromatic N) is 1. The molecule has 4 fully saturated rings. The molecule has 0 radical (unpaired) electrons. The Kier molecular flexibility index (Phi) is 8.02. The topological polar surface area (TPSA) is 49.8 Å². The van der Waals surface area contributed by atoms with Gasteiger partial charge in [0.15, 0.2) is 0 Å². The van der Waals surface area contributed by atoms with Crippen LogP contribution in [0.5, 0.6) is 5.75 Å². The van der Waals surface area contributed by atoms with E-state index in [1.165, 1.54) is 12.1 Å². The molecule has 4 saturated carbocycles.